The van der Waals surface area contributed by atoms with Gasteiger partial charge in [0, 0.05) is 5.69 Å². The van der Waals surface area contributed by atoms with Crippen molar-refractivity contribution in [3.8, 4) is 0 Å². The van der Waals surface area contributed by atoms with Crippen molar-refractivity contribution in [2.75, 3.05) is 11.9 Å². The molecule has 0 spiro atoms. The van der Waals surface area contributed by atoms with Gasteiger partial charge in [0.2, 0.25) is 5.91 Å². The zero-order chi connectivity index (χ0) is 13.1. The van der Waals surface area contributed by atoms with Crippen LogP contribution in [0.2, 0.25) is 0 Å². The Morgan fingerprint density at radius 1 is 1.50 bits per heavy atom. The van der Waals surface area contributed by atoms with Gasteiger partial charge >= 0.3 is 0 Å². The Morgan fingerprint density at radius 2 is 2.28 bits per heavy atom. The predicted molar refractivity (Wildman–Crippen MR) is 70.0 cm³/mol. The largest absolute Gasteiger partial charge is 0.324 e. The number of benzene rings is 1. The molecule has 0 saturated carbocycles. The molecule has 1 aromatic carbocycles. The summed E-state index contributed by atoms with van der Waals surface area (Å²) in [6.07, 6.45) is 2.15. The molecule has 2 rings (SSSR count). The fraction of sp³-hybridized carbons (Fsp3) is 0.500. The molecule has 1 aromatic rings. The molecule has 1 saturated heterocycles. The van der Waals surface area contributed by atoms with Gasteiger partial charge in [0.15, 0.2) is 0 Å². The molecule has 4 heteroatoms. The SMILES string of the molecule is Cc1ccc(F)cc1NC(=O)C1NCCCC1C. The molecule has 1 aliphatic heterocycles. The Labute approximate surface area is 107 Å². The van der Waals surface area contributed by atoms with Crippen LogP contribution in [0.4, 0.5) is 10.1 Å². The smallest absolute Gasteiger partial charge is 0.241 e. The molecule has 1 amide bonds. The van der Waals surface area contributed by atoms with E-state index in [9.17, 15) is 9.18 Å². The van der Waals surface area contributed by atoms with Crippen LogP contribution in [0.25, 0.3) is 0 Å². The molecule has 2 atom stereocenters. The topological polar surface area (TPSA) is 41.1 Å². The van der Waals surface area contributed by atoms with E-state index in [0.29, 0.717) is 11.6 Å². The highest BCUT2D eigenvalue weighted by atomic mass is 19.1. The van der Waals surface area contributed by atoms with Crippen molar-refractivity contribution in [1.29, 1.82) is 0 Å². The molecular formula is C14H19FN2O. The molecule has 2 unspecified atom stereocenters. The Balaban J connectivity index is 2.08. The van der Waals surface area contributed by atoms with Crippen molar-refractivity contribution in [3.05, 3.63) is 29.6 Å². The lowest BCUT2D eigenvalue weighted by atomic mass is 9.92. The van der Waals surface area contributed by atoms with Crippen LogP contribution in [0.1, 0.15) is 25.3 Å². The first-order valence-electron chi connectivity index (χ1n) is 6.38. The number of hydrogen-bond acceptors (Lipinski definition) is 2. The van der Waals surface area contributed by atoms with Crippen molar-refractivity contribution < 1.29 is 9.18 Å². The Hall–Kier alpha value is -1.42. The summed E-state index contributed by atoms with van der Waals surface area (Å²) in [5.41, 5.74) is 1.42. The molecule has 0 radical (unpaired) electrons. The number of aryl methyl sites for hydroxylation is 1. The van der Waals surface area contributed by atoms with Gasteiger partial charge < -0.3 is 10.6 Å². The van der Waals surface area contributed by atoms with E-state index >= 15 is 0 Å². The van der Waals surface area contributed by atoms with Gasteiger partial charge in [-0.05, 0) is 49.9 Å². The maximum atomic E-state index is 13.1. The van der Waals surface area contributed by atoms with Gasteiger partial charge in [-0.15, -0.1) is 0 Å². The molecule has 1 heterocycles. The van der Waals surface area contributed by atoms with Gasteiger partial charge in [0.25, 0.3) is 0 Å². The third-order valence-electron chi connectivity index (χ3n) is 3.51. The van der Waals surface area contributed by atoms with Gasteiger partial charge in [-0.25, -0.2) is 4.39 Å². The van der Waals surface area contributed by atoms with E-state index in [0.717, 1.165) is 24.9 Å². The second-order valence-electron chi connectivity index (χ2n) is 5.00. The van der Waals surface area contributed by atoms with E-state index in [1.165, 1.54) is 12.1 Å². The number of carbonyl (C=O) groups is 1. The number of piperidine rings is 1. The van der Waals surface area contributed by atoms with Crippen LogP contribution in [0.15, 0.2) is 18.2 Å². The standard InChI is InChI=1S/C14H19FN2O/c1-9-5-6-11(15)8-12(9)17-14(18)13-10(2)4-3-7-16-13/h5-6,8,10,13,16H,3-4,7H2,1-2H3,(H,17,18). The molecule has 0 aliphatic carbocycles. The third kappa shape index (κ3) is 2.88. The summed E-state index contributed by atoms with van der Waals surface area (Å²) in [4.78, 5) is 12.1. The van der Waals surface area contributed by atoms with Crippen LogP contribution in [-0.4, -0.2) is 18.5 Å². The van der Waals surface area contributed by atoms with E-state index in [4.69, 9.17) is 0 Å². The first-order chi connectivity index (χ1) is 8.58. The Morgan fingerprint density at radius 3 is 3.00 bits per heavy atom. The number of rotatable bonds is 2. The normalized spacial score (nSPS) is 23.7. The summed E-state index contributed by atoms with van der Waals surface area (Å²) >= 11 is 0. The van der Waals surface area contributed by atoms with Crippen molar-refractivity contribution in [2.24, 2.45) is 5.92 Å². The Kier molecular flexibility index (Phi) is 3.97. The molecule has 1 aliphatic rings. The van der Waals surface area contributed by atoms with E-state index in [1.807, 2.05) is 6.92 Å². The third-order valence-corrected chi connectivity index (χ3v) is 3.51. The van der Waals surface area contributed by atoms with E-state index in [1.54, 1.807) is 6.07 Å². The lowest BCUT2D eigenvalue weighted by molar-refractivity contribution is -0.119. The maximum absolute atomic E-state index is 13.1. The summed E-state index contributed by atoms with van der Waals surface area (Å²) < 4.78 is 13.1. The van der Waals surface area contributed by atoms with Gasteiger partial charge in [-0.1, -0.05) is 13.0 Å². The summed E-state index contributed by atoms with van der Waals surface area (Å²) in [7, 11) is 0. The fourth-order valence-corrected chi connectivity index (χ4v) is 2.34. The van der Waals surface area contributed by atoms with E-state index in [2.05, 4.69) is 17.6 Å². The number of hydrogen-bond donors (Lipinski definition) is 2. The molecule has 18 heavy (non-hydrogen) atoms. The lowest BCUT2D eigenvalue weighted by Crippen LogP contribution is -2.48. The fourth-order valence-electron chi connectivity index (χ4n) is 2.34. The van der Waals surface area contributed by atoms with Crippen LogP contribution in [0.5, 0.6) is 0 Å². The Bertz CT molecular complexity index is 447. The first kappa shape index (κ1) is 13.0. The second-order valence-corrected chi connectivity index (χ2v) is 5.00. The lowest BCUT2D eigenvalue weighted by Gasteiger charge is -2.29. The van der Waals surface area contributed by atoms with Crippen molar-refractivity contribution in [3.63, 3.8) is 0 Å². The summed E-state index contributed by atoms with van der Waals surface area (Å²) in [6.45, 7) is 4.78. The molecule has 2 N–H and O–H groups in total. The average molecular weight is 250 g/mol. The van der Waals surface area contributed by atoms with E-state index < -0.39 is 0 Å². The molecule has 98 valence electrons. The quantitative estimate of drug-likeness (QED) is 0.846. The molecule has 0 aromatic heterocycles. The number of anilines is 1. The summed E-state index contributed by atoms with van der Waals surface area (Å²) in [5.74, 6) is -0.0935. The van der Waals surface area contributed by atoms with Gasteiger partial charge in [0.1, 0.15) is 5.82 Å². The highest BCUT2D eigenvalue weighted by Crippen LogP contribution is 2.20. The number of nitrogens with one attached hydrogen (secondary N) is 2. The van der Waals surface area contributed by atoms with Crippen LogP contribution in [-0.2, 0) is 4.79 Å². The molecule has 0 bridgehead atoms. The monoisotopic (exact) mass is 250 g/mol. The van der Waals surface area contributed by atoms with Crippen LogP contribution in [0, 0.1) is 18.7 Å². The predicted octanol–water partition coefficient (Wildman–Crippen LogP) is 2.46. The minimum absolute atomic E-state index is 0.0732. The molecular weight excluding hydrogens is 231 g/mol. The average Bonchev–Trinajstić information content (AvgIpc) is 2.34. The summed E-state index contributed by atoms with van der Waals surface area (Å²) in [6, 6.07) is 4.25. The second kappa shape index (κ2) is 5.48. The molecule has 1 fully saturated rings. The molecule has 3 nitrogen and oxygen atoms in total. The van der Waals surface area contributed by atoms with Crippen LogP contribution < -0.4 is 10.6 Å². The minimum Gasteiger partial charge on any atom is -0.324 e. The zero-order valence-electron chi connectivity index (χ0n) is 10.8. The van der Waals surface area contributed by atoms with Gasteiger partial charge in [-0.3, -0.25) is 4.79 Å². The van der Waals surface area contributed by atoms with Crippen molar-refractivity contribution in [1.82, 2.24) is 5.32 Å². The van der Waals surface area contributed by atoms with Gasteiger partial charge in [0.05, 0.1) is 6.04 Å². The number of amides is 1. The minimum atomic E-state index is -0.333. The highest BCUT2D eigenvalue weighted by Gasteiger charge is 2.27. The van der Waals surface area contributed by atoms with Crippen molar-refractivity contribution >= 4 is 11.6 Å². The van der Waals surface area contributed by atoms with Crippen molar-refractivity contribution in [2.45, 2.75) is 32.7 Å². The number of halogens is 1. The zero-order valence-corrected chi connectivity index (χ0v) is 10.8. The van der Waals surface area contributed by atoms with E-state index in [-0.39, 0.29) is 17.8 Å². The first-order valence-corrected chi connectivity index (χ1v) is 6.38. The number of carbonyl (C=O) groups excluding carboxylic acids is 1. The maximum Gasteiger partial charge on any atom is 0.241 e. The van der Waals surface area contributed by atoms with Crippen LogP contribution in [0.3, 0.4) is 0 Å². The summed E-state index contributed by atoms with van der Waals surface area (Å²) in [5, 5.41) is 6.03. The highest BCUT2D eigenvalue weighted by molar-refractivity contribution is 5.95. The van der Waals surface area contributed by atoms with Crippen LogP contribution >= 0.6 is 0 Å². The van der Waals surface area contributed by atoms with Gasteiger partial charge in [-0.2, -0.15) is 0 Å².